The van der Waals surface area contributed by atoms with Crippen LogP contribution in [0.5, 0.6) is 0 Å². The number of nitrogens with one attached hydrogen (secondary N) is 1. The molecule has 2 aliphatic rings. The van der Waals surface area contributed by atoms with Gasteiger partial charge in [-0.25, -0.2) is 0 Å². The monoisotopic (exact) mass is 291 g/mol. The van der Waals surface area contributed by atoms with Crippen LogP contribution in [-0.2, 0) is 6.42 Å². The average molecular weight is 291 g/mol. The maximum absolute atomic E-state index is 12.1. The zero-order valence-corrected chi connectivity index (χ0v) is 12.7. The van der Waals surface area contributed by atoms with E-state index >= 15 is 0 Å². The molecule has 0 radical (unpaired) electrons. The number of carbonyl (C=O) groups excluding carboxylic acids is 1. The molecule has 0 aliphatic heterocycles. The second kappa shape index (κ2) is 5.69. The molecule has 4 rings (SSSR count). The minimum Gasteiger partial charge on any atom is -0.303 e. The summed E-state index contributed by atoms with van der Waals surface area (Å²) in [5.41, 5.74) is 5.02. The highest BCUT2D eigenvalue weighted by molar-refractivity contribution is 5.98. The van der Waals surface area contributed by atoms with Crippen molar-refractivity contribution in [3.05, 3.63) is 70.8 Å². The van der Waals surface area contributed by atoms with Gasteiger partial charge in [0.2, 0.25) is 0 Å². The molecule has 22 heavy (non-hydrogen) atoms. The van der Waals surface area contributed by atoms with Crippen LogP contribution in [0, 0.1) is 0 Å². The van der Waals surface area contributed by atoms with Crippen LogP contribution in [0.1, 0.15) is 64.8 Å². The zero-order chi connectivity index (χ0) is 14.9. The summed E-state index contributed by atoms with van der Waals surface area (Å²) in [6.07, 6.45) is 5.18. The fraction of sp³-hybridized carbons (Fsp3) is 0.350. The summed E-state index contributed by atoms with van der Waals surface area (Å²) < 4.78 is 0. The van der Waals surface area contributed by atoms with Crippen LogP contribution in [0.2, 0.25) is 0 Å². The number of benzene rings is 2. The van der Waals surface area contributed by atoms with Gasteiger partial charge in [0.1, 0.15) is 0 Å². The molecule has 0 saturated carbocycles. The lowest BCUT2D eigenvalue weighted by molar-refractivity contribution is 0.0962. The smallest absolute Gasteiger partial charge is 0.163 e. The molecule has 0 bridgehead atoms. The second-order valence-corrected chi connectivity index (χ2v) is 6.41. The topological polar surface area (TPSA) is 29.1 Å². The maximum atomic E-state index is 12.1. The van der Waals surface area contributed by atoms with Crippen molar-refractivity contribution in [2.45, 2.75) is 44.2 Å². The van der Waals surface area contributed by atoms with Gasteiger partial charge >= 0.3 is 0 Å². The van der Waals surface area contributed by atoms with Gasteiger partial charge in [-0.2, -0.15) is 0 Å². The molecule has 2 atom stereocenters. The fourth-order valence-electron chi connectivity index (χ4n) is 3.96. The van der Waals surface area contributed by atoms with Gasteiger partial charge < -0.3 is 5.32 Å². The molecule has 1 N–H and O–H groups in total. The summed E-state index contributed by atoms with van der Waals surface area (Å²) in [6, 6.07) is 17.6. The lowest BCUT2D eigenvalue weighted by Gasteiger charge is -2.33. The Morgan fingerprint density at radius 1 is 0.818 bits per heavy atom. The number of Topliss-reactive ketones (excluding diaryl/α,β-unsaturated/α-hetero) is 1. The Morgan fingerprint density at radius 2 is 1.55 bits per heavy atom. The van der Waals surface area contributed by atoms with Crippen molar-refractivity contribution in [3.8, 4) is 0 Å². The molecule has 2 nitrogen and oxygen atoms in total. The molecular weight excluding hydrogens is 270 g/mol. The number of rotatable bonds is 2. The van der Waals surface area contributed by atoms with E-state index in [1.807, 2.05) is 18.2 Å². The lowest BCUT2D eigenvalue weighted by atomic mass is 9.83. The van der Waals surface area contributed by atoms with E-state index in [2.05, 4.69) is 35.6 Å². The van der Waals surface area contributed by atoms with Gasteiger partial charge in [0.15, 0.2) is 5.78 Å². The van der Waals surface area contributed by atoms with Gasteiger partial charge in [0, 0.05) is 24.1 Å². The largest absolute Gasteiger partial charge is 0.303 e. The van der Waals surface area contributed by atoms with Crippen LogP contribution in [0.3, 0.4) is 0 Å². The van der Waals surface area contributed by atoms with Gasteiger partial charge in [-0.05, 0) is 42.4 Å². The summed E-state index contributed by atoms with van der Waals surface area (Å²) in [7, 11) is 0. The number of carbonyl (C=O) groups is 1. The maximum Gasteiger partial charge on any atom is 0.163 e. The highest BCUT2D eigenvalue weighted by Crippen LogP contribution is 2.35. The van der Waals surface area contributed by atoms with Crippen LogP contribution < -0.4 is 5.32 Å². The number of fused-ring (bicyclic) bond motifs is 2. The van der Waals surface area contributed by atoms with Gasteiger partial charge in [-0.3, -0.25) is 4.79 Å². The molecule has 0 heterocycles. The van der Waals surface area contributed by atoms with Gasteiger partial charge in [-0.1, -0.05) is 48.5 Å². The predicted molar refractivity (Wildman–Crippen MR) is 88.0 cm³/mol. The van der Waals surface area contributed by atoms with E-state index in [1.54, 1.807) is 0 Å². The standard InChI is InChI=1S/C20H21NO/c22-20-13-12-19(16-9-3-4-10-17(16)20)21-18-11-5-7-14-6-1-2-8-15(14)18/h1-4,6,8-10,18-19,21H,5,7,11-13H2. The normalized spacial score (nSPS) is 23.7. The van der Waals surface area contributed by atoms with Crippen LogP contribution in [0.15, 0.2) is 48.5 Å². The Kier molecular flexibility index (Phi) is 3.55. The second-order valence-electron chi connectivity index (χ2n) is 6.41. The van der Waals surface area contributed by atoms with Crippen molar-refractivity contribution in [3.63, 3.8) is 0 Å². The Balaban J connectivity index is 1.63. The minimum atomic E-state index is 0.290. The molecule has 2 aromatic carbocycles. The number of ketones is 1. The Hall–Kier alpha value is -1.93. The van der Waals surface area contributed by atoms with E-state index < -0.39 is 0 Å². The van der Waals surface area contributed by atoms with Crippen LogP contribution in [0.4, 0.5) is 0 Å². The Labute approximate surface area is 131 Å². The van der Waals surface area contributed by atoms with E-state index in [1.165, 1.54) is 36.0 Å². The van der Waals surface area contributed by atoms with Gasteiger partial charge in [0.25, 0.3) is 0 Å². The van der Waals surface area contributed by atoms with Crippen LogP contribution in [-0.4, -0.2) is 5.78 Å². The Morgan fingerprint density at radius 3 is 2.45 bits per heavy atom. The molecule has 0 fully saturated rings. The first-order valence-corrected chi connectivity index (χ1v) is 8.29. The highest BCUT2D eigenvalue weighted by Gasteiger charge is 2.28. The fourth-order valence-corrected chi connectivity index (χ4v) is 3.96. The highest BCUT2D eigenvalue weighted by atomic mass is 16.1. The van der Waals surface area contributed by atoms with E-state index in [4.69, 9.17) is 0 Å². The molecule has 112 valence electrons. The average Bonchev–Trinajstić information content (AvgIpc) is 2.58. The van der Waals surface area contributed by atoms with Crippen molar-refractivity contribution in [2.24, 2.45) is 0 Å². The van der Waals surface area contributed by atoms with Crippen molar-refractivity contribution in [1.82, 2.24) is 5.32 Å². The summed E-state index contributed by atoms with van der Waals surface area (Å²) in [5, 5.41) is 3.84. The lowest BCUT2D eigenvalue weighted by Crippen LogP contribution is -2.32. The first kappa shape index (κ1) is 13.7. The summed E-state index contributed by atoms with van der Waals surface area (Å²) in [4.78, 5) is 12.1. The molecule has 0 amide bonds. The van der Waals surface area contributed by atoms with E-state index in [0.29, 0.717) is 18.5 Å². The molecule has 2 aliphatic carbocycles. The molecule has 2 aromatic rings. The summed E-state index contributed by atoms with van der Waals surface area (Å²) >= 11 is 0. The molecule has 0 aromatic heterocycles. The zero-order valence-electron chi connectivity index (χ0n) is 12.7. The van der Waals surface area contributed by atoms with Crippen LogP contribution >= 0.6 is 0 Å². The van der Waals surface area contributed by atoms with E-state index in [-0.39, 0.29) is 5.78 Å². The van der Waals surface area contributed by atoms with E-state index in [9.17, 15) is 4.79 Å². The van der Waals surface area contributed by atoms with E-state index in [0.717, 1.165) is 12.0 Å². The van der Waals surface area contributed by atoms with Crippen molar-refractivity contribution in [2.75, 3.05) is 0 Å². The third-order valence-electron chi connectivity index (χ3n) is 5.07. The van der Waals surface area contributed by atoms with Gasteiger partial charge in [0.05, 0.1) is 0 Å². The van der Waals surface area contributed by atoms with Crippen molar-refractivity contribution < 1.29 is 4.79 Å². The van der Waals surface area contributed by atoms with Crippen molar-refractivity contribution >= 4 is 5.78 Å². The third-order valence-corrected chi connectivity index (χ3v) is 5.07. The van der Waals surface area contributed by atoms with Crippen LogP contribution in [0.25, 0.3) is 0 Å². The number of hydrogen-bond donors (Lipinski definition) is 1. The summed E-state index contributed by atoms with van der Waals surface area (Å²) in [6.45, 7) is 0. The molecule has 2 heteroatoms. The predicted octanol–water partition coefficient (Wildman–Crippen LogP) is 4.37. The van der Waals surface area contributed by atoms with Crippen molar-refractivity contribution in [1.29, 1.82) is 0 Å². The third kappa shape index (κ3) is 2.38. The first-order valence-electron chi connectivity index (χ1n) is 8.29. The molecule has 2 unspecified atom stereocenters. The Bertz CT molecular complexity index is 706. The minimum absolute atomic E-state index is 0.290. The molecule has 0 spiro atoms. The van der Waals surface area contributed by atoms with Gasteiger partial charge in [-0.15, -0.1) is 0 Å². The quantitative estimate of drug-likeness (QED) is 0.890. The summed E-state index contributed by atoms with van der Waals surface area (Å²) in [5.74, 6) is 0.290. The first-order chi connectivity index (χ1) is 10.8. The molecule has 0 saturated heterocycles. The number of hydrogen-bond acceptors (Lipinski definition) is 2. The SMILES string of the molecule is O=C1CCC(NC2CCCc3ccccc32)c2ccccc21. The molecular formula is C20H21NO. The number of aryl methyl sites for hydroxylation is 1.